The van der Waals surface area contributed by atoms with E-state index < -0.39 is 12.0 Å². The molecule has 0 saturated carbocycles. The van der Waals surface area contributed by atoms with Gasteiger partial charge in [0.1, 0.15) is 6.04 Å². The summed E-state index contributed by atoms with van der Waals surface area (Å²) in [6.07, 6.45) is 6.86. The van der Waals surface area contributed by atoms with Crippen molar-refractivity contribution < 1.29 is 14.3 Å². The van der Waals surface area contributed by atoms with Gasteiger partial charge in [-0.1, -0.05) is 32.6 Å². The topological polar surface area (TPSA) is 120 Å². The van der Waals surface area contributed by atoms with Crippen molar-refractivity contribution in [3.8, 4) is 0 Å². The summed E-state index contributed by atoms with van der Waals surface area (Å²) in [5.74, 6) is -0.538. The van der Waals surface area contributed by atoms with Gasteiger partial charge in [-0.25, -0.2) is 4.79 Å². The zero-order valence-electron chi connectivity index (χ0n) is 13.8. The maximum Gasteiger partial charge on any atom is 0.328 e. The maximum absolute atomic E-state index is 11.9. The van der Waals surface area contributed by atoms with Crippen LogP contribution in [0.3, 0.4) is 0 Å². The lowest BCUT2D eigenvalue weighted by molar-refractivity contribution is -0.145. The normalized spacial score (nSPS) is 11.5. The summed E-state index contributed by atoms with van der Waals surface area (Å²) >= 11 is 0. The van der Waals surface area contributed by atoms with Crippen molar-refractivity contribution in [1.82, 2.24) is 5.32 Å². The second-order valence-corrected chi connectivity index (χ2v) is 5.26. The molecule has 7 nitrogen and oxygen atoms in total. The Morgan fingerprint density at radius 3 is 2.41 bits per heavy atom. The number of hydrogen-bond donors (Lipinski definition) is 3. The summed E-state index contributed by atoms with van der Waals surface area (Å²) < 4.78 is 4.71. The van der Waals surface area contributed by atoms with E-state index in [1.807, 2.05) is 0 Å². The van der Waals surface area contributed by atoms with Gasteiger partial charge in [0.05, 0.1) is 7.11 Å². The number of unbranched alkanes of at least 4 members (excludes halogenated alkanes) is 4. The Kier molecular flexibility index (Phi) is 11.9. The Hall–Kier alpha value is -1.79. The Labute approximate surface area is 132 Å². The van der Waals surface area contributed by atoms with Gasteiger partial charge in [-0.05, 0) is 19.3 Å². The molecule has 0 aliphatic rings. The average Bonchev–Trinajstić information content (AvgIpc) is 2.49. The van der Waals surface area contributed by atoms with Gasteiger partial charge in [-0.2, -0.15) is 0 Å². The van der Waals surface area contributed by atoms with Gasteiger partial charge in [0.25, 0.3) is 0 Å². The summed E-state index contributed by atoms with van der Waals surface area (Å²) in [6, 6.07) is -0.637. The largest absolute Gasteiger partial charge is 0.467 e. The number of rotatable bonds is 12. The molecule has 0 saturated heterocycles. The Balaban J connectivity index is 4.09. The van der Waals surface area contributed by atoms with Gasteiger partial charge in [-0.15, -0.1) is 0 Å². The SMILES string of the molecule is CCCCCCCC(=O)N[C@@H](CCCN=C(N)N)C(=O)OC. The Morgan fingerprint density at radius 2 is 1.82 bits per heavy atom. The van der Waals surface area contributed by atoms with Crippen LogP contribution in [0.2, 0.25) is 0 Å². The van der Waals surface area contributed by atoms with Crippen molar-refractivity contribution in [1.29, 1.82) is 0 Å². The maximum atomic E-state index is 11.9. The summed E-state index contributed by atoms with van der Waals surface area (Å²) in [6.45, 7) is 2.57. The second-order valence-electron chi connectivity index (χ2n) is 5.26. The number of nitrogens with zero attached hydrogens (tertiary/aromatic N) is 1. The monoisotopic (exact) mass is 314 g/mol. The highest BCUT2D eigenvalue weighted by molar-refractivity contribution is 5.84. The highest BCUT2D eigenvalue weighted by atomic mass is 16.5. The molecule has 128 valence electrons. The third-order valence-electron chi connectivity index (χ3n) is 3.27. The van der Waals surface area contributed by atoms with Crippen molar-refractivity contribution in [2.45, 2.75) is 64.3 Å². The third-order valence-corrected chi connectivity index (χ3v) is 3.27. The summed E-state index contributed by atoms with van der Waals surface area (Å²) in [7, 11) is 1.31. The fourth-order valence-corrected chi connectivity index (χ4v) is 2.05. The van der Waals surface area contributed by atoms with Gasteiger partial charge in [0.15, 0.2) is 5.96 Å². The molecular weight excluding hydrogens is 284 g/mol. The second kappa shape index (κ2) is 12.9. The standard InChI is InChI=1S/C15H30N4O3/c1-3-4-5-6-7-10-13(20)19-12(14(21)22-2)9-8-11-18-15(16)17/h12H,3-11H2,1-2H3,(H,19,20)(H4,16,17,18)/t12-/m0/s1. The zero-order valence-corrected chi connectivity index (χ0v) is 13.8. The van der Waals surface area contributed by atoms with Crippen LogP contribution < -0.4 is 16.8 Å². The van der Waals surface area contributed by atoms with Crippen molar-refractivity contribution >= 4 is 17.8 Å². The number of amides is 1. The highest BCUT2D eigenvalue weighted by Gasteiger charge is 2.20. The molecule has 0 aliphatic carbocycles. The number of guanidine groups is 1. The van der Waals surface area contributed by atoms with Crippen LogP contribution in [-0.4, -0.2) is 37.5 Å². The van der Waals surface area contributed by atoms with Crippen LogP contribution in [-0.2, 0) is 14.3 Å². The number of carbonyl (C=O) groups excluding carboxylic acids is 2. The van der Waals surface area contributed by atoms with E-state index >= 15 is 0 Å². The van der Waals surface area contributed by atoms with Crippen molar-refractivity contribution in [3.63, 3.8) is 0 Å². The molecule has 0 unspecified atom stereocenters. The minimum absolute atomic E-state index is 0.0192. The van der Waals surface area contributed by atoms with E-state index in [4.69, 9.17) is 16.2 Å². The van der Waals surface area contributed by atoms with Gasteiger partial charge >= 0.3 is 5.97 Å². The first-order valence-electron chi connectivity index (χ1n) is 7.93. The molecule has 22 heavy (non-hydrogen) atoms. The van der Waals surface area contributed by atoms with Gasteiger partial charge in [0, 0.05) is 13.0 Å². The fourth-order valence-electron chi connectivity index (χ4n) is 2.05. The van der Waals surface area contributed by atoms with E-state index in [1.165, 1.54) is 20.0 Å². The fraction of sp³-hybridized carbons (Fsp3) is 0.800. The van der Waals surface area contributed by atoms with E-state index in [-0.39, 0.29) is 11.9 Å². The van der Waals surface area contributed by atoms with E-state index in [0.29, 0.717) is 25.8 Å². The minimum Gasteiger partial charge on any atom is -0.467 e. The summed E-state index contributed by atoms with van der Waals surface area (Å²) in [4.78, 5) is 27.4. The lowest BCUT2D eigenvalue weighted by Crippen LogP contribution is -2.41. The van der Waals surface area contributed by atoms with Gasteiger partial charge in [-0.3, -0.25) is 9.79 Å². The van der Waals surface area contributed by atoms with Gasteiger partial charge < -0.3 is 21.5 Å². The third kappa shape index (κ3) is 10.9. The summed E-state index contributed by atoms with van der Waals surface area (Å²) in [5.41, 5.74) is 10.5. The number of nitrogens with two attached hydrogens (primary N) is 2. The van der Waals surface area contributed by atoms with Crippen LogP contribution in [0.5, 0.6) is 0 Å². The predicted octanol–water partition coefficient (Wildman–Crippen LogP) is 1.06. The van der Waals surface area contributed by atoms with Crippen LogP contribution in [0, 0.1) is 0 Å². The Bertz CT molecular complexity index is 355. The quantitative estimate of drug-likeness (QED) is 0.215. The first-order valence-corrected chi connectivity index (χ1v) is 7.93. The molecular formula is C15H30N4O3. The average molecular weight is 314 g/mol. The van der Waals surface area contributed by atoms with Crippen LogP contribution in [0.1, 0.15) is 58.3 Å². The van der Waals surface area contributed by atoms with E-state index in [2.05, 4.69) is 17.2 Å². The molecule has 0 aliphatic heterocycles. The molecule has 0 aromatic rings. The van der Waals surface area contributed by atoms with Crippen LogP contribution in [0.4, 0.5) is 0 Å². The van der Waals surface area contributed by atoms with E-state index in [0.717, 1.165) is 19.3 Å². The molecule has 0 rings (SSSR count). The number of nitrogens with one attached hydrogen (secondary N) is 1. The highest BCUT2D eigenvalue weighted by Crippen LogP contribution is 2.06. The molecule has 0 spiro atoms. The smallest absolute Gasteiger partial charge is 0.328 e. The lowest BCUT2D eigenvalue weighted by Gasteiger charge is -2.16. The predicted molar refractivity (Wildman–Crippen MR) is 87.2 cm³/mol. The number of ether oxygens (including phenoxy) is 1. The molecule has 0 aromatic carbocycles. The van der Waals surface area contributed by atoms with Crippen molar-refractivity contribution in [2.75, 3.05) is 13.7 Å². The van der Waals surface area contributed by atoms with Crippen LogP contribution in [0.15, 0.2) is 4.99 Å². The number of hydrogen-bond acceptors (Lipinski definition) is 4. The number of methoxy groups -OCH3 is 1. The molecule has 1 atom stereocenters. The number of aliphatic imine (C=N–C) groups is 1. The molecule has 0 fully saturated rings. The lowest BCUT2D eigenvalue weighted by atomic mass is 10.1. The minimum atomic E-state index is -0.637. The Morgan fingerprint density at radius 1 is 1.14 bits per heavy atom. The van der Waals surface area contributed by atoms with E-state index in [9.17, 15) is 9.59 Å². The summed E-state index contributed by atoms with van der Waals surface area (Å²) in [5, 5.41) is 2.72. The molecule has 7 heteroatoms. The van der Waals surface area contributed by atoms with Crippen molar-refractivity contribution in [2.24, 2.45) is 16.5 Å². The van der Waals surface area contributed by atoms with Crippen LogP contribution in [0.25, 0.3) is 0 Å². The first kappa shape index (κ1) is 20.2. The first-order chi connectivity index (χ1) is 10.5. The molecule has 0 radical (unpaired) electrons. The van der Waals surface area contributed by atoms with Crippen LogP contribution >= 0.6 is 0 Å². The molecule has 0 heterocycles. The molecule has 5 N–H and O–H groups in total. The number of esters is 1. The van der Waals surface area contributed by atoms with Crippen molar-refractivity contribution in [3.05, 3.63) is 0 Å². The van der Waals surface area contributed by atoms with E-state index in [1.54, 1.807) is 0 Å². The zero-order chi connectivity index (χ0) is 16.8. The van der Waals surface area contributed by atoms with Gasteiger partial charge in [0.2, 0.25) is 5.91 Å². The number of carbonyl (C=O) groups is 2. The molecule has 0 bridgehead atoms. The molecule has 0 aromatic heterocycles. The molecule has 1 amide bonds.